The summed E-state index contributed by atoms with van der Waals surface area (Å²) in [7, 11) is 0. The molecule has 0 aromatic heterocycles. The molecule has 1 saturated heterocycles. The molecule has 1 heteroatoms. The van der Waals surface area contributed by atoms with Gasteiger partial charge in [0.2, 0.25) is 0 Å². The molecule has 3 rings (SSSR count). The molecule has 0 spiro atoms. The minimum atomic E-state index is 0.621. The van der Waals surface area contributed by atoms with Crippen molar-refractivity contribution in [3.63, 3.8) is 0 Å². The zero-order valence-electron chi connectivity index (χ0n) is 6.25. The molecule has 1 fully saturated rings. The van der Waals surface area contributed by atoms with Gasteiger partial charge in [-0.2, -0.15) is 0 Å². The topological polar surface area (TPSA) is 12.0 Å². The minimum Gasteiger partial charge on any atom is -0.305 e. The molecule has 1 radical (unpaired) electrons. The molecule has 1 aliphatic heterocycles. The summed E-state index contributed by atoms with van der Waals surface area (Å²) in [5, 5.41) is 3.39. The van der Waals surface area contributed by atoms with Crippen LogP contribution in [0.25, 0.3) is 0 Å². The Balaban J connectivity index is 2.23. The Hall–Kier alpha value is -0.820. The third kappa shape index (κ3) is 0.641. The fourth-order valence-corrected chi connectivity index (χ4v) is 2.22. The van der Waals surface area contributed by atoms with E-state index >= 15 is 0 Å². The van der Waals surface area contributed by atoms with Gasteiger partial charge in [-0.05, 0) is 17.5 Å². The van der Waals surface area contributed by atoms with Crippen LogP contribution in [0.3, 0.4) is 0 Å². The van der Waals surface area contributed by atoms with Gasteiger partial charge >= 0.3 is 0 Å². The van der Waals surface area contributed by atoms with Crippen molar-refractivity contribution in [1.29, 1.82) is 0 Å². The molecular weight excluding hydrogens is 134 g/mol. The first-order valence-corrected chi connectivity index (χ1v) is 4.13. The lowest BCUT2D eigenvalue weighted by Crippen LogP contribution is -2.14. The predicted octanol–water partition coefficient (Wildman–Crippen LogP) is 1.98. The standard InChI is InChI=1S/C10H10N/c1-2-4-9-8(3-1)7-5-10(9)11-6-7/h1-4,6-7,10-11H,5H2. The van der Waals surface area contributed by atoms with Crippen LogP contribution >= 0.6 is 0 Å². The Bertz CT molecular complexity index is 264. The maximum Gasteiger partial charge on any atom is 0.0332 e. The lowest BCUT2D eigenvalue weighted by atomic mass is 10.0. The lowest BCUT2D eigenvalue weighted by Gasteiger charge is -2.14. The van der Waals surface area contributed by atoms with E-state index in [1.807, 2.05) is 0 Å². The van der Waals surface area contributed by atoms with Crippen molar-refractivity contribution in [1.82, 2.24) is 5.32 Å². The van der Waals surface area contributed by atoms with Gasteiger partial charge in [-0.1, -0.05) is 24.3 Å². The van der Waals surface area contributed by atoms with Crippen LogP contribution in [-0.4, -0.2) is 0 Å². The van der Waals surface area contributed by atoms with E-state index in [1.54, 1.807) is 0 Å². The molecule has 1 N–H and O–H groups in total. The second-order valence-electron chi connectivity index (χ2n) is 3.36. The number of hydrogen-bond acceptors (Lipinski definition) is 1. The highest BCUT2D eigenvalue weighted by atomic mass is 15.0. The number of hydrogen-bond donors (Lipinski definition) is 1. The largest absolute Gasteiger partial charge is 0.305 e. The number of rotatable bonds is 0. The van der Waals surface area contributed by atoms with Crippen molar-refractivity contribution in [2.75, 3.05) is 0 Å². The van der Waals surface area contributed by atoms with Crippen molar-refractivity contribution in [2.45, 2.75) is 18.4 Å². The Morgan fingerprint density at radius 1 is 1.18 bits per heavy atom. The number of nitrogens with one attached hydrogen (secondary N) is 1. The van der Waals surface area contributed by atoms with E-state index in [1.165, 1.54) is 17.5 Å². The fourth-order valence-electron chi connectivity index (χ4n) is 2.22. The highest BCUT2D eigenvalue weighted by Crippen LogP contribution is 2.46. The first-order chi connectivity index (χ1) is 5.45. The van der Waals surface area contributed by atoms with Crippen LogP contribution in [0.15, 0.2) is 24.3 Å². The molecule has 0 saturated carbocycles. The first kappa shape index (κ1) is 5.78. The van der Waals surface area contributed by atoms with E-state index < -0.39 is 0 Å². The molecule has 1 aliphatic carbocycles. The smallest absolute Gasteiger partial charge is 0.0332 e. The maximum atomic E-state index is 3.39. The monoisotopic (exact) mass is 144 g/mol. The van der Waals surface area contributed by atoms with E-state index in [4.69, 9.17) is 0 Å². The zero-order chi connectivity index (χ0) is 7.26. The second-order valence-corrected chi connectivity index (χ2v) is 3.36. The molecule has 1 heterocycles. The summed E-state index contributed by atoms with van der Waals surface area (Å²) in [5.41, 5.74) is 3.05. The van der Waals surface area contributed by atoms with Gasteiger partial charge in [-0.3, -0.25) is 0 Å². The highest BCUT2D eigenvalue weighted by Gasteiger charge is 2.35. The third-order valence-corrected chi connectivity index (χ3v) is 2.76. The van der Waals surface area contributed by atoms with E-state index in [9.17, 15) is 0 Å². The average molecular weight is 144 g/mol. The minimum absolute atomic E-state index is 0.621. The van der Waals surface area contributed by atoms with Crippen LogP contribution in [0.1, 0.15) is 29.5 Å². The summed E-state index contributed by atoms with van der Waals surface area (Å²) < 4.78 is 0. The summed E-state index contributed by atoms with van der Waals surface area (Å²) in [6.45, 7) is 2.23. The van der Waals surface area contributed by atoms with Gasteiger partial charge in [-0.25, -0.2) is 0 Å². The van der Waals surface area contributed by atoms with Gasteiger partial charge in [0.25, 0.3) is 0 Å². The molecule has 55 valence electrons. The zero-order valence-corrected chi connectivity index (χ0v) is 6.25. The predicted molar refractivity (Wildman–Crippen MR) is 44.0 cm³/mol. The van der Waals surface area contributed by atoms with Gasteiger partial charge < -0.3 is 5.32 Å². The van der Waals surface area contributed by atoms with Crippen LogP contribution < -0.4 is 5.32 Å². The highest BCUT2D eigenvalue weighted by molar-refractivity contribution is 5.42. The van der Waals surface area contributed by atoms with Crippen LogP contribution in [-0.2, 0) is 0 Å². The molecule has 11 heavy (non-hydrogen) atoms. The molecule has 2 unspecified atom stereocenters. The van der Waals surface area contributed by atoms with Gasteiger partial charge in [-0.15, -0.1) is 0 Å². The molecule has 0 amide bonds. The maximum absolute atomic E-state index is 3.39. The van der Waals surface area contributed by atoms with E-state index in [-0.39, 0.29) is 0 Å². The SMILES string of the molecule is [CH]1NC2CC1c1ccccc12. The molecule has 2 atom stereocenters. The van der Waals surface area contributed by atoms with Gasteiger partial charge in [0.1, 0.15) is 0 Å². The molecular formula is C10H10N. The van der Waals surface area contributed by atoms with Crippen LogP contribution in [0.2, 0.25) is 0 Å². The Labute approximate surface area is 66.4 Å². The normalized spacial score (nSPS) is 32.4. The van der Waals surface area contributed by atoms with Gasteiger partial charge in [0.15, 0.2) is 0 Å². The lowest BCUT2D eigenvalue weighted by molar-refractivity contribution is 0.681. The second kappa shape index (κ2) is 1.86. The number of benzene rings is 1. The Morgan fingerprint density at radius 3 is 2.82 bits per heavy atom. The van der Waals surface area contributed by atoms with Gasteiger partial charge in [0.05, 0.1) is 0 Å². The van der Waals surface area contributed by atoms with Crippen molar-refractivity contribution in [3.05, 3.63) is 41.9 Å². The summed E-state index contributed by atoms with van der Waals surface area (Å²) >= 11 is 0. The molecule has 2 bridgehead atoms. The van der Waals surface area contributed by atoms with Crippen molar-refractivity contribution < 1.29 is 0 Å². The average Bonchev–Trinajstić information content (AvgIpc) is 2.64. The third-order valence-electron chi connectivity index (χ3n) is 2.76. The Morgan fingerprint density at radius 2 is 2.00 bits per heavy atom. The van der Waals surface area contributed by atoms with Crippen LogP contribution in [0, 0.1) is 6.54 Å². The summed E-state index contributed by atoms with van der Waals surface area (Å²) in [6.07, 6.45) is 1.28. The fraction of sp³-hybridized carbons (Fsp3) is 0.300. The summed E-state index contributed by atoms with van der Waals surface area (Å²) in [4.78, 5) is 0. The molecule has 1 aromatic rings. The summed E-state index contributed by atoms with van der Waals surface area (Å²) in [5.74, 6) is 0.691. The number of fused-ring (bicyclic) bond motifs is 5. The summed E-state index contributed by atoms with van der Waals surface area (Å²) in [6, 6.07) is 9.36. The van der Waals surface area contributed by atoms with Crippen molar-refractivity contribution in [3.8, 4) is 0 Å². The van der Waals surface area contributed by atoms with E-state index in [2.05, 4.69) is 36.1 Å². The van der Waals surface area contributed by atoms with Gasteiger partial charge in [0, 0.05) is 18.5 Å². The Kier molecular flexibility index (Phi) is 0.977. The first-order valence-electron chi connectivity index (χ1n) is 4.13. The van der Waals surface area contributed by atoms with E-state index in [0.717, 1.165) is 0 Å². The van der Waals surface area contributed by atoms with Crippen LogP contribution in [0.5, 0.6) is 0 Å². The molecule has 1 nitrogen and oxygen atoms in total. The van der Waals surface area contributed by atoms with E-state index in [0.29, 0.717) is 12.0 Å². The van der Waals surface area contributed by atoms with Crippen molar-refractivity contribution in [2.24, 2.45) is 0 Å². The molecule has 2 aliphatic rings. The quantitative estimate of drug-likeness (QED) is 0.587. The van der Waals surface area contributed by atoms with Crippen molar-refractivity contribution >= 4 is 0 Å². The molecule has 1 aromatic carbocycles. The van der Waals surface area contributed by atoms with Crippen LogP contribution in [0.4, 0.5) is 0 Å².